The van der Waals surface area contributed by atoms with Crippen LogP contribution in [0.3, 0.4) is 0 Å². The molecule has 3 heterocycles. The predicted molar refractivity (Wildman–Crippen MR) is 96.5 cm³/mol. The molecule has 4 heteroatoms. The van der Waals surface area contributed by atoms with Crippen LogP contribution in [0.1, 0.15) is 44.1 Å². The lowest BCUT2D eigenvalue weighted by molar-refractivity contribution is -0.140. The van der Waals surface area contributed by atoms with Gasteiger partial charge in [-0.2, -0.15) is 0 Å². The smallest absolute Gasteiger partial charge is 0.0741 e. The Balaban J connectivity index is 1.33. The summed E-state index contributed by atoms with van der Waals surface area (Å²) in [5.74, 6) is 0. The molecule has 24 heavy (non-hydrogen) atoms. The average Bonchev–Trinajstić information content (AvgIpc) is 3.16. The molecular weight excluding hydrogens is 300 g/mol. The van der Waals surface area contributed by atoms with Gasteiger partial charge < -0.3 is 19.7 Å². The van der Waals surface area contributed by atoms with E-state index >= 15 is 0 Å². The number of ether oxygens (including phenoxy) is 2. The fraction of sp³-hybridized carbons (Fsp3) is 0.700. The van der Waals surface area contributed by atoms with E-state index < -0.39 is 0 Å². The molecule has 0 unspecified atom stereocenters. The summed E-state index contributed by atoms with van der Waals surface area (Å²) in [6, 6.07) is 9.62. The molecule has 1 aromatic carbocycles. The molecule has 0 aliphatic carbocycles. The standard InChI is InChI=1S/C20H30N2O2/c1-2-10-22(9-1)19-5-3-4-17(14-19)16-21-18-6-11-24-20(15-18)7-12-23-13-8-20/h3-5,14,18,21H,1-2,6-13,15-16H2/t18-/m1/s1. The number of nitrogens with one attached hydrogen (secondary N) is 1. The normalized spacial score (nSPS) is 26.8. The molecule has 0 saturated carbocycles. The van der Waals surface area contributed by atoms with E-state index in [1.54, 1.807) is 0 Å². The minimum Gasteiger partial charge on any atom is -0.381 e. The van der Waals surface area contributed by atoms with Crippen molar-refractivity contribution in [3.8, 4) is 0 Å². The second kappa shape index (κ2) is 7.42. The first-order chi connectivity index (χ1) is 11.8. The Hall–Kier alpha value is -1.10. The summed E-state index contributed by atoms with van der Waals surface area (Å²) in [7, 11) is 0. The van der Waals surface area contributed by atoms with Crippen molar-refractivity contribution in [1.82, 2.24) is 5.32 Å². The quantitative estimate of drug-likeness (QED) is 0.920. The van der Waals surface area contributed by atoms with Crippen LogP contribution in [-0.4, -0.2) is 44.6 Å². The summed E-state index contributed by atoms with van der Waals surface area (Å²) < 4.78 is 11.7. The lowest BCUT2D eigenvalue weighted by atomic mass is 9.84. The number of nitrogens with zero attached hydrogens (tertiary/aromatic N) is 1. The van der Waals surface area contributed by atoms with Crippen LogP contribution >= 0.6 is 0 Å². The zero-order chi connectivity index (χ0) is 16.2. The van der Waals surface area contributed by atoms with E-state index in [-0.39, 0.29) is 5.60 Å². The van der Waals surface area contributed by atoms with Gasteiger partial charge in [0.15, 0.2) is 0 Å². The maximum Gasteiger partial charge on any atom is 0.0741 e. The second-order valence-electron chi connectivity index (χ2n) is 7.58. The average molecular weight is 330 g/mol. The summed E-state index contributed by atoms with van der Waals surface area (Å²) >= 11 is 0. The molecule has 4 nitrogen and oxygen atoms in total. The molecule has 0 radical (unpaired) electrons. The van der Waals surface area contributed by atoms with Crippen LogP contribution < -0.4 is 10.2 Å². The first kappa shape index (κ1) is 16.4. The second-order valence-corrected chi connectivity index (χ2v) is 7.58. The van der Waals surface area contributed by atoms with Gasteiger partial charge in [0, 0.05) is 51.2 Å². The van der Waals surface area contributed by atoms with Gasteiger partial charge in [-0.3, -0.25) is 0 Å². The van der Waals surface area contributed by atoms with Gasteiger partial charge in [0.25, 0.3) is 0 Å². The van der Waals surface area contributed by atoms with E-state index in [9.17, 15) is 0 Å². The highest BCUT2D eigenvalue weighted by Crippen LogP contribution is 2.34. The molecule has 1 N–H and O–H groups in total. The topological polar surface area (TPSA) is 33.7 Å². The third-order valence-corrected chi connectivity index (χ3v) is 5.87. The van der Waals surface area contributed by atoms with Crippen molar-refractivity contribution < 1.29 is 9.47 Å². The highest BCUT2D eigenvalue weighted by molar-refractivity contribution is 5.49. The largest absolute Gasteiger partial charge is 0.381 e. The lowest BCUT2D eigenvalue weighted by Crippen LogP contribution is -2.49. The Morgan fingerprint density at radius 2 is 1.96 bits per heavy atom. The molecule has 0 bridgehead atoms. The van der Waals surface area contributed by atoms with Crippen LogP contribution in [0.15, 0.2) is 24.3 Å². The Morgan fingerprint density at radius 1 is 1.12 bits per heavy atom. The van der Waals surface area contributed by atoms with Crippen molar-refractivity contribution in [2.24, 2.45) is 0 Å². The zero-order valence-electron chi connectivity index (χ0n) is 14.6. The third kappa shape index (κ3) is 3.76. The van der Waals surface area contributed by atoms with E-state index in [1.165, 1.54) is 37.2 Å². The van der Waals surface area contributed by atoms with Crippen LogP contribution in [0.2, 0.25) is 0 Å². The highest BCUT2D eigenvalue weighted by Gasteiger charge is 2.38. The first-order valence-electron chi connectivity index (χ1n) is 9.62. The minimum atomic E-state index is 0.0750. The fourth-order valence-electron chi connectivity index (χ4n) is 4.39. The van der Waals surface area contributed by atoms with E-state index in [4.69, 9.17) is 9.47 Å². The maximum atomic E-state index is 6.15. The number of benzene rings is 1. The molecule has 3 fully saturated rings. The molecular formula is C20H30N2O2. The molecule has 4 rings (SSSR count). The van der Waals surface area contributed by atoms with Gasteiger partial charge in [-0.1, -0.05) is 12.1 Å². The Kier molecular flexibility index (Phi) is 5.06. The van der Waals surface area contributed by atoms with Gasteiger partial charge in [0.1, 0.15) is 0 Å². The molecule has 3 aliphatic rings. The van der Waals surface area contributed by atoms with Crippen molar-refractivity contribution >= 4 is 5.69 Å². The number of hydrogen-bond donors (Lipinski definition) is 1. The van der Waals surface area contributed by atoms with Gasteiger partial charge in [0.05, 0.1) is 5.60 Å². The first-order valence-corrected chi connectivity index (χ1v) is 9.62. The van der Waals surface area contributed by atoms with Crippen LogP contribution in [0, 0.1) is 0 Å². The Labute approximate surface area is 145 Å². The molecule has 1 aromatic rings. The van der Waals surface area contributed by atoms with E-state index in [2.05, 4.69) is 34.5 Å². The highest BCUT2D eigenvalue weighted by atomic mass is 16.5. The Bertz CT molecular complexity index is 531. The van der Waals surface area contributed by atoms with Gasteiger partial charge >= 0.3 is 0 Å². The SMILES string of the molecule is c1cc(CN[C@@H]2CCOC3(CCOCC3)C2)cc(N2CCCC2)c1. The van der Waals surface area contributed by atoms with Gasteiger partial charge in [-0.25, -0.2) is 0 Å². The number of anilines is 1. The monoisotopic (exact) mass is 330 g/mol. The zero-order valence-corrected chi connectivity index (χ0v) is 14.6. The van der Waals surface area contributed by atoms with Crippen LogP contribution in [0.4, 0.5) is 5.69 Å². The summed E-state index contributed by atoms with van der Waals surface area (Å²) in [5, 5.41) is 3.79. The number of rotatable bonds is 4. The molecule has 3 aliphatic heterocycles. The summed E-state index contributed by atoms with van der Waals surface area (Å²) in [4.78, 5) is 2.51. The molecule has 132 valence electrons. The lowest BCUT2D eigenvalue weighted by Gasteiger charge is -2.43. The van der Waals surface area contributed by atoms with E-state index in [0.29, 0.717) is 6.04 Å². The predicted octanol–water partition coefficient (Wildman–Crippen LogP) is 3.10. The number of hydrogen-bond acceptors (Lipinski definition) is 4. The fourth-order valence-corrected chi connectivity index (χ4v) is 4.39. The summed E-state index contributed by atoms with van der Waals surface area (Å²) in [6.45, 7) is 5.96. The molecule has 0 amide bonds. The van der Waals surface area contributed by atoms with E-state index in [0.717, 1.165) is 52.0 Å². The van der Waals surface area contributed by atoms with Crippen molar-refractivity contribution in [2.75, 3.05) is 37.8 Å². The van der Waals surface area contributed by atoms with Crippen LogP contribution in [0.5, 0.6) is 0 Å². The van der Waals surface area contributed by atoms with Crippen molar-refractivity contribution in [1.29, 1.82) is 0 Å². The van der Waals surface area contributed by atoms with Crippen molar-refractivity contribution in [3.05, 3.63) is 29.8 Å². The minimum absolute atomic E-state index is 0.0750. The van der Waals surface area contributed by atoms with Crippen LogP contribution in [-0.2, 0) is 16.0 Å². The third-order valence-electron chi connectivity index (χ3n) is 5.87. The van der Waals surface area contributed by atoms with Gasteiger partial charge in [-0.05, 0) is 56.2 Å². The molecule has 1 atom stereocenters. The van der Waals surface area contributed by atoms with E-state index in [1.807, 2.05) is 0 Å². The Morgan fingerprint density at radius 3 is 2.79 bits per heavy atom. The van der Waals surface area contributed by atoms with Gasteiger partial charge in [0.2, 0.25) is 0 Å². The molecule has 0 aromatic heterocycles. The maximum absolute atomic E-state index is 6.15. The molecule has 3 saturated heterocycles. The summed E-state index contributed by atoms with van der Waals surface area (Å²) in [6.07, 6.45) is 7.01. The molecule has 1 spiro atoms. The summed E-state index contributed by atoms with van der Waals surface area (Å²) in [5.41, 5.74) is 2.86. The van der Waals surface area contributed by atoms with Crippen molar-refractivity contribution in [2.45, 2.75) is 56.7 Å². The van der Waals surface area contributed by atoms with Crippen LogP contribution in [0.25, 0.3) is 0 Å². The van der Waals surface area contributed by atoms with Crippen molar-refractivity contribution in [3.63, 3.8) is 0 Å². The van der Waals surface area contributed by atoms with Gasteiger partial charge in [-0.15, -0.1) is 0 Å².